The molecule has 1 heterocycles. The Morgan fingerprint density at radius 1 is 0.947 bits per heavy atom. The molecule has 98 valence electrons. The molecule has 6 heteroatoms. The summed E-state index contributed by atoms with van der Waals surface area (Å²) < 4.78 is 58.7. The van der Waals surface area contributed by atoms with Crippen molar-refractivity contribution in [1.82, 2.24) is 0 Å². The molecule has 0 unspecified atom stereocenters. The van der Waals surface area contributed by atoms with Crippen LogP contribution in [0, 0.1) is 30.2 Å². The van der Waals surface area contributed by atoms with Crippen LogP contribution in [-0.2, 0) is 0 Å². The van der Waals surface area contributed by atoms with Gasteiger partial charge in [0.05, 0.1) is 9.79 Å². The van der Waals surface area contributed by atoms with Crippen molar-refractivity contribution >= 4 is 11.8 Å². The number of fused-ring (bicyclic) bond motifs is 2. The van der Waals surface area contributed by atoms with Gasteiger partial charge in [-0.2, -0.15) is 4.39 Å². The van der Waals surface area contributed by atoms with Crippen LogP contribution in [0.2, 0.25) is 0 Å². The van der Waals surface area contributed by atoms with E-state index in [0.29, 0.717) is 4.90 Å². The fraction of sp³-hybridized carbons (Fsp3) is 0.0769. The van der Waals surface area contributed by atoms with E-state index in [4.69, 9.17) is 4.74 Å². The molecule has 1 aliphatic rings. The Kier molecular flexibility index (Phi) is 2.70. The zero-order chi connectivity index (χ0) is 13.7. The smallest absolute Gasteiger partial charge is 0.205 e. The second kappa shape index (κ2) is 4.16. The average Bonchev–Trinajstić information content (AvgIpc) is 2.41. The topological polar surface area (TPSA) is 9.23 Å². The molecule has 0 saturated carbocycles. The van der Waals surface area contributed by atoms with Crippen LogP contribution in [0.15, 0.2) is 28.0 Å². The Morgan fingerprint density at radius 2 is 1.63 bits per heavy atom. The predicted molar refractivity (Wildman–Crippen MR) is 61.6 cm³/mol. The Bertz CT molecular complexity index is 700. The summed E-state index contributed by atoms with van der Waals surface area (Å²) in [5.74, 6) is -6.99. The number of ether oxygens (including phenoxy) is 1. The molecular formula is C13H6F4OS. The van der Waals surface area contributed by atoms with Gasteiger partial charge in [-0.25, -0.2) is 13.2 Å². The third kappa shape index (κ3) is 1.78. The van der Waals surface area contributed by atoms with Gasteiger partial charge in [0.15, 0.2) is 17.4 Å². The molecule has 1 aliphatic heterocycles. The van der Waals surface area contributed by atoms with Gasteiger partial charge in [-0.15, -0.1) is 0 Å². The minimum Gasteiger partial charge on any atom is -0.452 e. The molecule has 0 fully saturated rings. The van der Waals surface area contributed by atoms with Crippen LogP contribution in [0.25, 0.3) is 0 Å². The van der Waals surface area contributed by atoms with E-state index in [1.54, 1.807) is 18.2 Å². The highest BCUT2D eigenvalue weighted by atomic mass is 32.2. The summed E-state index contributed by atoms with van der Waals surface area (Å²) in [6.45, 7) is 1.82. The molecule has 0 bridgehead atoms. The number of halogens is 4. The summed E-state index contributed by atoms with van der Waals surface area (Å²) in [5, 5.41) is 0. The van der Waals surface area contributed by atoms with E-state index in [1.807, 2.05) is 6.92 Å². The Hall–Kier alpha value is -1.69. The van der Waals surface area contributed by atoms with Gasteiger partial charge in [0, 0.05) is 0 Å². The monoisotopic (exact) mass is 286 g/mol. The van der Waals surface area contributed by atoms with Gasteiger partial charge in [-0.1, -0.05) is 17.8 Å². The first-order chi connectivity index (χ1) is 8.99. The van der Waals surface area contributed by atoms with Crippen LogP contribution in [-0.4, -0.2) is 0 Å². The van der Waals surface area contributed by atoms with Crippen molar-refractivity contribution in [3.63, 3.8) is 0 Å². The highest BCUT2D eigenvalue weighted by molar-refractivity contribution is 7.99. The molecule has 0 aliphatic carbocycles. The maximum Gasteiger partial charge on any atom is 0.205 e. The van der Waals surface area contributed by atoms with Crippen LogP contribution >= 0.6 is 11.8 Å². The number of rotatable bonds is 0. The molecule has 2 aromatic carbocycles. The normalized spacial score (nSPS) is 12.7. The molecule has 0 atom stereocenters. The lowest BCUT2D eigenvalue weighted by atomic mass is 10.2. The lowest BCUT2D eigenvalue weighted by molar-refractivity contribution is 0.349. The summed E-state index contributed by atoms with van der Waals surface area (Å²) in [6, 6.07) is 4.99. The Labute approximate surface area is 110 Å². The number of aryl methyl sites for hydroxylation is 1. The molecule has 19 heavy (non-hydrogen) atoms. The van der Waals surface area contributed by atoms with Gasteiger partial charge in [0.1, 0.15) is 5.75 Å². The van der Waals surface area contributed by atoms with Crippen LogP contribution in [0.3, 0.4) is 0 Å². The van der Waals surface area contributed by atoms with Gasteiger partial charge in [-0.05, 0) is 24.6 Å². The summed E-state index contributed by atoms with van der Waals surface area (Å²) in [7, 11) is 0. The maximum atomic E-state index is 13.6. The standard InChI is InChI=1S/C13H6F4OS/c1-5-2-3-6-7(4-5)19-13-11(17)9(15)8(14)10(16)12(13)18-6/h2-4H,1H3. The number of hydrogen-bond donors (Lipinski definition) is 0. The van der Waals surface area contributed by atoms with Crippen molar-refractivity contribution in [2.45, 2.75) is 16.7 Å². The largest absolute Gasteiger partial charge is 0.452 e. The SMILES string of the molecule is Cc1ccc2c(c1)Sc1c(F)c(F)c(F)c(F)c1O2. The van der Waals surface area contributed by atoms with E-state index in [1.165, 1.54) is 0 Å². The molecule has 0 N–H and O–H groups in total. The lowest BCUT2D eigenvalue weighted by Crippen LogP contribution is -2.06. The first kappa shape index (κ1) is 12.3. The van der Waals surface area contributed by atoms with Crippen LogP contribution in [0.1, 0.15) is 5.56 Å². The van der Waals surface area contributed by atoms with Crippen molar-refractivity contribution < 1.29 is 22.3 Å². The lowest BCUT2D eigenvalue weighted by Gasteiger charge is -2.21. The van der Waals surface area contributed by atoms with Crippen molar-refractivity contribution in [2.75, 3.05) is 0 Å². The van der Waals surface area contributed by atoms with Crippen LogP contribution in [0.5, 0.6) is 11.5 Å². The molecule has 0 radical (unpaired) electrons. The van der Waals surface area contributed by atoms with Gasteiger partial charge >= 0.3 is 0 Å². The fourth-order valence-corrected chi connectivity index (χ4v) is 2.85. The highest BCUT2D eigenvalue weighted by Crippen LogP contribution is 2.50. The molecule has 0 amide bonds. The minimum atomic E-state index is -1.87. The molecule has 0 spiro atoms. The summed E-state index contributed by atoms with van der Waals surface area (Å²) in [6.07, 6.45) is 0. The van der Waals surface area contributed by atoms with Crippen molar-refractivity contribution in [2.24, 2.45) is 0 Å². The quantitative estimate of drug-likeness (QED) is 0.333. The Morgan fingerprint density at radius 3 is 2.37 bits per heavy atom. The molecule has 1 nitrogen and oxygen atoms in total. The van der Waals surface area contributed by atoms with Crippen molar-refractivity contribution in [1.29, 1.82) is 0 Å². The minimum absolute atomic E-state index is 0.285. The van der Waals surface area contributed by atoms with E-state index < -0.39 is 29.0 Å². The third-order valence-corrected chi connectivity index (χ3v) is 3.81. The molecular weight excluding hydrogens is 280 g/mol. The summed E-state index contributed by atoms with van der Waals surface area (Å²) in [4.78, 5) is 0.145. The van der Waals surface area contributed by atoms with Crippen LogP contribution < -0.4 is 4.74 Å². The fourth-order valence-electron chi connectivity index (χ4n) is 1.77. The van der Waals surface area contributed by atoms with Crippen LogP contribution in [0.4, 0.5) is 17.6 Å². The van der Waals surface area contributed by atoms with Gasteiger partial charge in [-0.3, -0.25) is 0 Å². The molecule has 0 aromatic heterocycles. The van der Waals surface area contributed by atoms with Crippen molar-refractivity contribution in [3.8, 4) is 11.5 Å². The maximum absolute atomic E-state index is 13.6. The van der Waals surface area contributed by atoms with E-state index in [2.05, 4.69) is 0 Å². The van der Waals surface area contributed by atoms with E-state index in [9.17, 15) is 17.6 Å². The second-order valence-electron chi connectivity index (χ2n) is 4.07. The number of hydrogen-bond acceptors (Lipinski definition) is 2. The second-order valence-corrected chi connectivity index (χ2v) is 5.12. The van der Waals surface area contributed by atoms with E-state index >= 15 is 0 Å². The first-order valence-corrected chi connectivity index (χ1v) is 6.13. The third-order valence-electron chi connectivity index (χ3n) is 2.71. The van der Waals surface area contributed by atoms with Gasteiger partial charge < -0.3 is 4.74 Å². The molecule has 0 saturated heterocycles. The summed E-state index contributed by atoms with van der Waals surface area (Å²) in [5.41, 5.74) is 0.891. The highest BCUT2D eigenvalue weighted by Gasteiger charge is 2.31. The van der Waals surface area contributed by atoms with Crippen molar-refractivity contribution in [3.05, 3.63) is 47.0 Å². The van der Waals surface area contributed by atoms with E-state index in [0.717, 1.165) is 17.3 Å². The first-order valence-electron chi connectivity index (χ1n) is 5.31. The average molecular weight is 286 g/mol. The van der Waals surface area contributed by atoms with Gasteiger partial charge in [0.2, 0.25) is 11.6 Å². The predicted octanol–water partition coefficient (Wildman–Crippen LogP) is 4.81. The zero-order valence-electron chi connectivity index (χ0n) is 9.56. The van der Waals surface area contributed by atoms with E-state index in [-0.39, 0.29) is 10.6 Å². The van der Waals surface area contributed by atoms with Gasteiger partial charge in [0.25, 0.3) is 0 Å². The summed E-state index contributed by atoms with van der Waals surface area (Å²) >= 11 is 0.814. The Balaban J connectivity index is 2.23. The number of benzene rings is 2. The zero-order valence-corrected chi connectivity index (χ0v) is 10.4. The molecule has 3 rings (SSSR count). The molecule has 2 aromatic rings.